The largest absolute Gasteiger partial charge is 0.493 e. The van der Waals surface area contributed by atoms with Crippen molar-refractivity contribution in [2.45, 2.75) is 31.4 Å². The standard InChI is InChI=1S/C17H22F2N2O3/c1-2-24-15-6-4-3-5-14(15)16(23)20-8-13(9-20)21-11-17(18,19)7-12(21)10-22/h3-6,12-13,22H,2,7-11H2,1H3/t12-/m0/s1. The molecule has 2 heterocycles. The lowest BCUT2D eigenvalue weighted by Gasteiger charge is -2.45. The van der Waals surface area contributed by atoms with Gasteiger partial charge in [0.2, 0.25) is 0 Å². The lowest BCUT2D eigenvalue weighted by atomic mass is 10.0. The maximum absolute atomic E-state index is 13.6. The Balaban J connectivity index is 1.63. The van der Waals surface area contributed by atoms with Crippen LogP contribution in [0.5, 0.6) is 5.75 Å². The number of aliphatic hydroxyl groups is 1. The Hall–Kier alpha value is -1.73. The van der Waals surface area contributed by atoms with E-state index < -0.39 is 12.0 Å². The molecule has 2 aliphatic rings. The molecule has 5 nitrogen and oxygen atoms in total. The van der Waals surface area contributed by atoms with Gasteiger partial charge in [0.25, 0.3) is 11.8 Å². The molecular weight excluding hydrogens is 318 g/mol. The molecule has 24 heavy (non-hydrogen) atoms. The van der Waals surface area contributed by atoms with Crippen LogP contribution in [0.25, 0.3) is 0 Å². The molecule has 2 aliphatic heterocycles. The van der Waals surface area contributed by atoms with Gasteiger partial charge < -0.3 is 14.7 Å². The first-order valence-corrected chi connectivity index (χ1v) is 8.20. The van der Waals surface area contributed by atoms with E-state index >= 15 is 0 Å². The van der Waals surface area contributed by atoms with E-state index in [0.29, 0.717) is 31.0 Å². The van der Waals surface area contributed by atoms with Crippen LogP contribution >= 0.6 is 0 Å². The number of alkyl halides is 2. The van der Waals surface area contributed by atoms with Crippen LogP contribution in [0.1, 0.15) is 23.7 Å². The third kappa shape index (κ3) is 3.23. The fourth-order valence-corrected chi connectivity index (χ4v) is 3.45. The third-order valence-electron chi connectivity index (χ3n) is 4.66. The van der Waals surface area contributed by atoms with Crippen molar-refractivity contribution >= 4 is 5.91 Å². The Bertz CT molecular complexity index is 605. The van der Waals surface area contributed by atoms with Gasteiger partial charge in [0, 0.05) is 31.6 Å². The third-order valence-corrected chi connectivity index (χ3v) is 4.66. The van der Waals surface area contributed by atoms with Gasteiger partial charge in [-0.15, -0.1) is 0 Å². The molecule has 0 saturated carbocycles. The van der Waals surface area contributed by atoms with Gasteiger partial charge in [-0.05, 0) is 19.1 Å². The molecule has 2 fully saturated rings. The van der Waals surface area contributed by atoms with Gasteiger partial charge in [-0.2, -0.15) is 0 Å². The predicted octanol–water partition coefficient (Wildman–Crippen LogP) is 1.61. The number of para-hydroxylation sites is 1. The second-order valence-corrected chi connectivity index (χ2v) is 6.36. The van der Waals surface area contributed by atoms with Gasteiger partial charge >= 0.3 is 0 Å². The molecule has 2 saturated heterocycles. The van der Waals surface area contributed by atoms with Crippen molar-refractivity contribution in [1.82, 2.24) is 9.80 Å². The van der Waals surface area contributed by atoms with Crippen LogP contribution in [0, 0.1) is 0 Å². The highest BCUT2D eigenvalue weighted by Crippen LogP contribution is 2.35. The minimum atomic E-state index is -2.76. The molecule has 0 bridgehead atoms. The molecule has 1 aromatic carbocycles. The summed E-state index contributed by atoms with van der Waals surface area (Å²) in [6, 6.07) is 6.38. The zero-order valence-electron chi connectivity index (χ0n) is 13.6. The Morgan fingerprint density at radius 2 is 2.08 bits per heavy atom. The van der Waals surface area contributed by atoms with E-state index in [4.69, 9.17) is 4.74 Å². The Morgan fingerprint density at radius 3 is 2.75 bits per heavy atom. The second kappa shape index (κ2) is 6.64. The number of ether oxygens (including phenoxy) is 1. The van der Waals surface area contributed by atoms with Crippen LogP contribution in [0.4, 0.5) is 8.78 Å². The van der Waals surface area contributed by atoms with Gasteiger partial charge in [0.05, 0.1) is 25.3 Å². The Kier molecular flexibility index (Phi) is 4.73. The van der Waals surface area contributed by atoms with Crippen molar-refractivity contribution in [2.24, 2.45) is 0 Å². The molecule has 7 heteroatoms. The molecule has 0 radical (unpaired) electrons. The van der Waals surface area contributed by atoms with E-state index in [1.54, 1.807) is 34.1 Å². The van der Waals surface area contributed by atoms with Crippen LogP contribution in [-0.4, -0.2) is 71.7 Å². The van der Waals surface area contributed by atoms with E-state index in [0.717, 1.165) is 0 Å². The molecule has 1 N–H and O–H groups in total. The fraction of sp³-hybridized carbons (Fsp3) is 0.588. The monoisotopic (exact) mass is 340 g/mol. The number of hydrogen-bond acceptors (Lipinski definition) is 4. The summed E-state index contributed by atoms with van der Waals surface area (Å²) in [5.41, 5.74) is 0.489. The van der Waals surface area contributed by atoms with Gasteiger partial charge in [-0.3, -0.25) is 9.69 Å². The summed E-state index contributed by atoms with van der Waals surface area (Å²) in [6.45, 7) is 2.48. The highest BCUT2D eigenvalue weighted by atomic mass is 19.3. The zero-order valence-corrected chi connectivity index (χ0v) is 13.6. The zero-order chi connectivity index (χ0) is 17.3. The lowest BCUT2D eigenvalue weighted by Crippen LogP contribution is -2.62. The minimum Gasteiger partial charge on any atom is -0.493 e. The summed E-state index contributed by atoms with van der Waals surface area (Å²) in [7, 11) is 0. The average molecular weight is 340 g/mol. The van der Waals surface area contributed by atoms with Crippen LogP contribution in [0.3, 0.4) is 0 Å². The first-order valence-electron chi connectivity index (χ1n) is 8.20. The molecule has 1 aromatic rings. The van der Waals surface area contributed by atoms with E-state index in [-0.39, 0.29) is 31.5 Å². The average Bonchev–Trinajstić information content (AvgIpc) is 2.81. The number of carbonyl (C=O) groups is 1. The fourth-order valence-electron chi connectivity index (χ4n) is 3.45. The van der Waals surface area contributed by atoms with Crippen molar-refractivity contribution in [3.63, 3.8) is 0 Å². The summed E-state index contributed by atoms with van der Waals surface area (Å²) in [4.78, 5) is 15.9. The number of amides is 1. The lowest BCUT2D eigenvalue weighted by molar-refractivity contribution is -0.0125. The molecule has 0 aliphatic carbocycles. The molecule has 1 amide bonds. The molecule has 0 aromatic heterocycles. The molecule has 0 unspecified atom stereocenters. The maximum Gasteiger partial charge on any atom is 0.262 e. The summed E-state index contributed by atoms with van der Waals surface area (Å²) in [5, 5.41) is 9.31. The summed E-state index contributed by atoms with van der Waals surface area (Å²) >= 11 is 0. The SMILES string of the molecule is CCOc1ccccc1C(=O)N1CC(N2CC(F)(F)C[C@H]2CO)C1. The normalized spacial score (nSPS) is 24.0. The van der Waals surface area contributed by atoms with E-state index in [9.17, 15) is 18.7 Å². The minimum absolute atomic E-state index is 0.126. The number of aliphatic hydroxyl groups excluding tert-OH is 1. The molecular formula is C17H22F2N2O3. The number of likely N-dealkylation sites (tertiary alicyclic amines) is 2. The molecule has 0 spiro atoms. The van der Waals surface area contributed by atoms with Crippen molar-refractivity contribution in [1.29, 1.82) is 0 Å². The van der Waals surface area contributed by atoms with Crippen LogP contribution < -0.4 is 4.74 Å². The number of hydrogen-bond donors (Lipinski definition) is 1. The summed E-state index contributed by atoms with van der Waals surface area (Å²) in [5.74, 6) is -2.38. The van der Waals surface area contributed by atoms with E-state index in [2.05, 4.69) is 0 Å². The highest BCUT2D eigenvalue weighted by Gasteiger charge is 2.50. The van der Waals surface area contributed by atoms with Crippen molar-refractivity contribution in [3.8, 4) is 5.75 Å². The van der Waals surface area contributed by atoms with E-state index in [1.165, 1.54) is 0 Å². The first-order chi connectivity index (χ1) is 11.4. The van der Waals surface area contributed by atoms with Gasteiger partial charge in [0.1, 0.15) is 5.75 Å². The maximum atomic E-state index is 13.6. The van der Waals surface area contributed by atoms with Gasteiger partial charge in [0.15, 0.2) is 0 Å². The van der Waals surface area contributed by atoms with Crippen LogP contribution in [0.15, 0.2) is 24.3 Å². The number of halogens is 2. The van der Waals surface area contributed by atoms with Crippen molar-refractivity contribution in [2.75, 3.05) is 32.8 Å². The van der Waals surface area contributed by atoms with E-state index in [1.807, 2.05) is 6.92 Å². The van der Waals surface area contributed by atoms with Gasteiger partial charge in [-0.1, -0.05) is 12.1 Å². The second-order valence-electron chi connectivity index (χ2n) is 6.36. The number of rotatable bonds is 5. The topological polar surface area (TPSA) is 53.0 Å². The highest BCUT2D eigenvalue weighted by molar-refractivity contribution is 5.97. The number of nitrogens with zero attached hydrogens (tertiary/aromatic N) is 2. The van der Waals surface area contributed by atoms with Crippen LogP contribution in [0.2, 0.25) is 0 Å². The molecule has 132 valence electrons. The molecule has 1 atom stereocenters. The number of carbonyl (C=O) groups excluding carboxylic acids is 1. The van der Waals surface area contributed by atoms with Gasteiger partial charge in [-0.25, -0.2) is 8.78 Å². The Morgan fingerprint density at radius 1 is 1.38 bits per heavy atom. The summed E-state index contributed by atoms with van der Waals surface area (Å²) in [6.07, 6.45) is -0.318. The van der Waals surface area contributed by atoms with Crippen molar-refractivity contribution in [3.05, 3.63) is 29.8 Å². The quantitative estimate of drug-likeness (QED) is 0.885. The smallest absolute Gasteiger partial charge is 0.262 e. The predicted molar refractivity (Wildman–Crippen MR) is 84.4 cm³/mol. The first kappa shape index (κ1) is 17.1. The van der Waals surface area contributed by atoms with Crippen molar-refractivity contribution < 1.29 is 23.4 Å². The molecule has 3 rings (SSSR count). The van der Waals surface area contributed by atoms with Crippen LogP contribution in [-0.2, 0) is 0 Å². The summed E-state index contributed by atoms with van der Waals surface area (Å²) < 4.78 is 32.6. The Labute approximate surface area is 139 Å². The number of benzene rings is 1.